The molecule has 4 nitrogen and oxygen atoms in total. The highest BCUT2D eigenvalue weighted by molar-refractivity contribution is 5.71. The van der Waals surface area contributed by atoms with Gasteiger partial charge in [0.2, 0.25) is 0 Å². The van der Waals surface area contributed by atoms with E-state index in [9.17, 15) is 4.79 Å². The number of carbonyl (C=O) groups is 1. The van der Waals surface area contributed by atoms with Crippen molar-refractivity contribution in [2.24, 2.45) is 5.92 Å². The van der Waals surface area contributed by atoms with Gasteiger partial charge in [-0.3, -0.25) is 9.78 Å². The zero-order valence-corrected chi connectivity index (χ0v) is 8.97. The number of hydrogen-bond donors (Lipinski definition) is 0. The van der Waals surface area contributed by atoms with E-state index in [1.54, 1.807) is 38.4 Å². The van der Waals surface area contributed by atoms with E-state index in [1.807, 2.05) is 0 Å². The molecule has 82 valence electrons. The van der Waals surface area contributed by atoms with Gasteiger partial charge in [-0.1, -0.05) is 13.8 Å². The van der Waals surface area contributed by atoms with Gasteiger partial charge in [-0.05, 0) is 12.1 Å². The Morgan fingerprint density at radius 3 is 2.87 bits per heavy atom. The van der Waals surface area contributed by atoms with Crippen molar-refractivity contribution in [2.45, 2.75) is 13.8 Å². The van der Waals surface area contributed by atoms with Crippen molar-refractivity contribution >= 4 is 5.97 Å². The Bertz CT molecular complexity index is 298. The lowest BCUT2D eigenvalue weighted by Gasteiger charge is -2.08. The van der Waals surface area contributed by atoms with Crippen LogP contribution in [0.4, 0.5) is 0 Å². The molecule has 0 saturated heterocycles. The normalized spacial score (nSPS) is 10.1. The Morgan fingerprint density at radius 1 is 1.47 bits per heavy atom. The van der Waals surface area contributed by atoms with Crippen molar-refractivity contribution in [1.82, 2.24) is 4.98 Å². The number of aromatic nitrogens is 1. The molecule has 0 aliphatic rings. The van der Waals surface area contributed by atoms with Gasteiger partial charge >= 0.3 is 5.97 Å². The molecule has 0 amide bonds. The first kappa shape index (κ1) is 11.5. The van der Waals surface area contributed by atoms with Crippen LogP contribution in [-0.4, -0.2) is 24.2 Å². The zero-order chi connectivity index (χ0) is 11.1. The van der Waals surface area contributed by atoms with Gasteiger partial charge in [0.15, 0.2) is 0 Å². The van der Waals surface area contributed by atoms with Gasteiger partial charge in [0.1, 0.15) is 19.0 Å². The highest BCUT2D eigenvalue weighted by atomic mass is 16.6. The van der Waals surface area contributed by atoms with E-state index in [1.165, 1.54) is 0 Å². The lowest BCUT2D eigenvalue weighted by molar-refractivity contribution is -0.148. The molecular weight excluding hydrogens is 194 g/mol. The molecule has 0 radical (unpaired) electrons. The number of rotatable bonds is 5. The van der Waals surface area contributed by atoms with Crippen molar-refractivity contribution in [3.63, 3.8) is 0 Å². The molecule has 1 aromatic heterocycles. The van der Waals surface area contributed by atoms with Crippen LogP contribution >= 0.6 is 0 Å². The highest BCUT2D eigenvalue weighted by Gasteiger charge is 2.07. The maximum absolute atomic E-state index is 11.1. The van der Waals surface area contributed by atoms with Crippen LogP contribution in [0.2, 0.25) is 0 Å². The quantitative estimate of drug-likeness (QED) is 0.546. The fourth-order valence-corrected chi connectivity index (χ4v) is 0.901. The van der Waals surface area contributed by atoms with E-state index < -0.39 is 0 Å². The molecule has 0 fully saturated rings. The molecule has 1 heterocycles. The van der Waals surface area contributed by atoms with Crippen molar-refractivity contribution in [1.29, 1.82) is 0 Å². The third-order valence-electron chi connectivity index (χ3n) is 1.70. The molecular formula is C11H15NO3. The number of carbonyl (C=O) groups excluding carboxylic acids is 1. The van der Waals surface area contributed by atoms with Gasteiger partial charge in [-0.2, -0.15) is 0 Å². The maximum Gasteiger partial charge on any atom is 0.308 e. The number of pyridine rings is 1. The van der Waals surface area contributed by atoms with Gasteiger partial charge in [-0.15, -0.1) is 0 Å². The monoisotopic (exact) mass is 209 g/mol. The van der Waals surface area contributed by atoms with E-state index in [0.29, 0.717) is 12.4 Å². The van der Waals surface area contributed by atoms with Gasteiger partial charge in [0.25, 0.3) is 0 Å². The first-order valence-electron chi connectivity index (χ1n) is 4.89. The van der Waals surface area contributed by atoms with E-state index in [-0.39, 0.29) is 18.5 Å². The predicted octanol–water partition coefficient (Wildman–Crippen LogP) is 1.66. The summed E-state index contributed by atoms with van der Waals surface area (Å²) in [5.41, 5.74) is 0. The fourth-order valence-electron chi connectivity index (χ4n) is 0.901. The SMILES string of the molecule is CC(C)C(=O)OCCOc1cccnc1. The second-order valence-corrected chi connectivity index (χ2v) is 3.36. The molecule has 15 heavy (non-hydrogen) atoms. The first-order valence-corrected chi connectivity index (χ1v) is 4.89. The maximum atomic E-state index is 11.1. The Hall–Kier alpha value is -1.58. The molecule has 4 heteroatoms. The second-order valence-electron chi connectivity index (χ2n) is 3.36. The summed E-state index contributed by atoms with van der Waals surface area (Å²) in [4.78, 5) is 15.0. The Morgan fingerprint density at radius 2 is 2.27 bits per heavy atom. The smallest absolute Gasteiger partial charge is 0.308 e. The van der Waals surface area contributed by atoms with Gasteiger partial charge in [-0.25, -0.2) is 0 Å². The minimum atomic E-state index is -0.204. The van der Waals surface area contributed by atoms with E-state index in [2.05, 4.69) is 4.98 Å². The molecule has 0 unspecified atom stereocenters. The highest BCUT2D eigenvalue weighted by Crippen LogP contribution is 2.05. The summed E-state index contributed by atoms with van der Waals surface area (Å²) >= 11 is 0. The first-order chi connectivity index (χ1) is 7.20. The average Bonchev–Trinajstić information content (AvgIpc) is 2.25. The Labute approximate surface area is 89.2 Å². The third-order valence-corrected chi connectivity index (χ3v) is 1.70. The number of hydrogen-bond acceptors (Lipinski definition) is 4. The topological polar surface area (TPSA) is 48.4 Å². The molecule has 0 aromatic carbocycles. The standard InChI is InChI=1S/C11H15NO3/c1-9(2)11(13)15-7-6-14-10-4-3-5-12-8-10/h3-5,8-9H,6-7H2,1-2H3. The second kappa shape index (κ2) is 6.01. The van der Waals surface area contributed by atoms with Crippen LogP contribution in [0.25, 0.3) is 0 Å². The van der Waals surface area contributed by atoms with Crippen molar-refractivity contribution < 1.29 is 14.3 Å². The zero-order valence-electron chi connectivity index (χ0n) is 8.97. The molecule has 0 N–H and O–H groups in total. The molecule has 0 saturated carbocycles. The average molecular weight is 209 g/mol. The van der Waals surface area contributed by atoms with Gasteiger partial charge in [0.05, 0.1) is 12.1 Å². The molecule has 0 bridgehead atoms. The van der Waals surface area contributed by atoms with Crippen LogP contribution in [0.5, 0.6) is 5.75 Å². The predicted molar refractivity (Wildman–Crippen MR) is 55.5 cm³/mol. The minimum Gasteiger partial charge on any atom is -0.488 e. The van der Waals surface area contributed by atoms with Gasteiger partial charge < -0.3 is 9.47 Å². The van der Waals surface area contributed by atoms with Crippen molar-refractivity contribution in [3.8, 4) is 5.75 Å². The van der Waals surface area contributed by atoms with Crippen LogP contribution in [-0.2, 0) is 9.53 Å². The summed E-state index contributed by atoms with van der Waals surface area (Å²) in [6.07, 6.45) is 3.29. The van der Waals surface area contributed by atoms with Crippen LogP contribution in [0.3, 0.4) is 0 Å². The lowest BCUT2D eigenvalue weighted by Crippen LogP contribution is -2.16. The number of esters is 1. The van der Waals surface area contributed by atoms with Crippen molar-refractivity contribution in [3.05, 3.63) is 24.5 Å². The fraction of sp³-hybridized carbons (Fsp3) is 0.455. The van der Waals surface area contributed by atoms with Crippen LogP contribution in [0.1, 0.15) is 13.8 Å². The third kappa shape index (κ3) is 4.44. The Balaban J connectivity index is 2.15. The van der Waals surface area contributed by atoms with Gasteiger partial charge in [0, 0.05) is 6.20 Å². The molecule has 1 aromatic rings. The van der Waals surface area contributed by atoms with E-state index >= 15 is 0 Å². The molecule has 0 spiro atoms. The Kier molecular flexibility index (Phi) is 4.60. The summed E-state index contributed by atoms with van der Waals surface area (Å²) in [6.45, 7) is 4.21. The summed E-state index contributed by atoms with van der Waals surface area (Å²) in [6, 6.07) is 3.59. The van der Waals surface area contributed by atoms with Crippen LogP contribution in [0, 0.1) is 5.92 Å². The molecule has 1 rings (SSSR count). The largest absolute Gasteiger partial charge is 0.488 e. The summed E-state index contributed by atoms with van der Waals surface area (Å²) in [7, 11) is 0. The van der Waals surface area contributed by atoms with Crippen LogP contribution < -0.4 is 4.74 Å². The molecule has 0 atom stereocenters. The van der Waals surface area contributed by atoms with E-state index in [4.69, 9.17) is 9.47 Å². The summed E-state index contributed by atoms with van der Waals surface area (Å²) < 4.78 is 10.2. The van der Waals surface area contributed by atoms with Crippen molar-refractivity contribution in [2.75, 3.05) is 13.2 Å². The molecule has 0 aliphatic carbocycles. The summed E-state index contributed by atoms with van der Waals surface area (Å²) in [5, 5.41) is 0. The summed E-state index contributed by atoms with van der Waals surface area (Å²) in [5.74, 6) is 0.381. The minimum absolute atomic E-state index is 0.0941. The number of nitrogens with zero attached hydrogens (tertiary/aromatic N) is 1. The van der Waals surface area contributed by atoms with E-state index in [0.717, 1.165) is 0 Å². The number of ether oxygens (including phenoxy) is 2. The van der Waals surface area contributed by atoms with Crippen LogP contribution in [0.15, 0.2) is 24.5 Å². The lowest BCUT2D eigenvalue weighted by atomic mass is 10.2. The molecule has 0 aliphatic heterocycles.